The van der Waals surface area contributed by atoms with Crippen molar-refractivity contribution in [3.05, 3.63) is 29.9 Å². The van der Waals surface area contributed by atoms with Gasteiger partial charge in [0.25, 0.3) is 0 Å². The molecule has 0 spiro atoms. The van der Waals surface area contributed by atoms with Crippen LogP contribution in [-0.4, -0.2) is 16.1 Å². The average Bonchev–Trinajstić information content (AvgIpc) is 2.61. The maximum Gasteiger partial charge on any atom is 0.315 e. The molecule has 0 fully saturated rings. The number of rotatable bonds is 2. The number of carboxylic acid groups (broad SMARTS) is 1. The molecule has 0 aliphatic carbocycles. The van der Waals surface area contributed by atoms with E-state index >= 15 is 0 Å². The predicted octanol–water partition coefficient (Wildman–Crippen LogP) is 2.16. The molecule has 0 aliphatic rings. The lowest BCUT2D eigenvalue weighted by atomic mass is 10.2. The number of aliphatic carboxylic acids is 1. The van der Waals surface area contributed by atoms with E-state index in [1.54, 1.807) is 6.07 Å². The number of para-hydroxylation sites is 1. The largest absolute Gasteiger partial charge is 0.481 e. The second-order valence-electron chi connectivity index (χ2n) is 3.20. The molecule has 1 atom stereocenters. The molecule has 15 heavy (non-hydrogen) atoms. The van der Waals surface area contributed by atoms with E-state index in [1.165, 1.54) is 19.1 Å². The molecule has 1 N–H and O–H groups in total. The Morgan fingerprint density at radius 2 is 2.33 bits per heavy atom. The number of halogens is 1. The molecule has 1 heterocycles. The Bertz CT molecular complexity index is 520. The summed E-state index contributed by atoms with van der Waals surface area (Å²) in [5.41, 5.74) is 0.332. The maximum atomic E-state index is 13.2. The molecule has 1 aromatic heterocycles. The van der Waals surface area contributed by atoms with Crippen molar-refractivity contribution in [2.75, 3.05) is 0 Å². The number of benzene rings is 1. The summed E-state index contributed by atoms with van der Waals surface area (Å²) >= 11 is 0. The summed E-state index contributed by atoms with van der Waals surface area (Å²) in [6.45, 7) is 1.44. The van der Waals surface area contributed by atoms with Crippen LogP contribution < -0.4 is 0 Å². The summed E-state index contributed by atoms with van der Waals surface area (Å²) in [4.78, 5) is 14.6. The molecule has 0 amide bonds. The van der Waals surface area contributed by atoms with E-state index in [0.717, 1.165) is 0 Å². The zero-order valence-electron chi connectivity index (χ0n) is 7.90. The lowest BCUT2D eigenvalue weighted by molar-refractivity contribution is -0.138. The standard InChI is InChI=1S/C10H8FNO3/c1-5(10(13)14)9-12-7-4-2-3-6(11)8(7)15-9/h2-5H,1H3,(H,13,14). The first-order valence-electron chi connectivity index (χ1n) is 4.37. The molecule has 0 saturated carbocycles. The van der Waals surface area contributed by atoms with Crippen LogP contribution in [0, 0.1) is 5.82 Å². The molecule has 1 unspecified atom stereocenters. The van der Waals surface area contributed by atoms with E-state index in [1.807, 2.05) is 0 Å². The monoisotopic (exact) mass is 209 g/mol. The zero-order chi connectivity index (χ0) is 11.0. The molecule has 0 bridgehead atoms. The lowest BCUT2D eigenvalue weighted by Crippen LogP contribution is -2.07. The quantitative estimate of drug-likeness (QED) is 0.823. The molecule has 5 heteroatoms. The second-order valence-corrected chi connectivity index (χ2v) is 3.20. The molecule has 0 saturated heterocycles. The Labute approximate surface area is 84.3 Å². The van der Waals surface area contributed by atoms with Crippen molar-refractivity contribution in [2.24, 2.45) is 0 Å². The van der Waals surface area contributed by atoms with Gasteiger partial charge in [0.15, 0.2) is 11.4 Å². The van der Waals surface area contributed by atoms with Crippen molar-refractivity contribution in [3.63, 3.8) is 0 Å². The van der Waals surface area contributed by atoms with Crippen molar-refractivity contribution >= 4 is 17.1 Å². The molecular formula is C10H8FNO3. The molecule has 0 radical (unpaired) electrons. The van der Waals surface area contributed by atoms with Gasteiger partial charge in [0.05, 0.1) is 0 Å². The van der Waals surface area contributed by atoms with Gasteiger partial charge in [0.1, 0.15) is 11.4 Å². The summed E-state index contributed by atoms with van der Waals surface area (Å²) in [6.07, 6.45) is 0. The van der Waals surface area contributed by atoms with E-state index in [-0.39, 0.29) is 11.5 Å². The Morgan fingerprint density at radius 1 is 1.60 bits per heavy atom. The van der Waals surface area contributed by atoms with Crippen LogP contribution in [0.15, 0.2) is 22.6 Å². The van der Waals surface area contributed by atoms with Crippen molar-refractivity contribution in [1.82, 2.24) is 4.98 Å². The minimum atomic E-state index is -1.05. The van der Waals surface area contributed by atoms with Crippen LogP contribution in [0.5, 0.6) is 0 Å². The van der Waals surface area contributed by atoms with Crippen LogP contribution in [0.3, 0.4) is 0 Å². The highest BCUT2D eigenvalue weighted by molar-refractivity contribution is 5.77. The molecule has 1 aromatic carbocycles. The number of hydrogen-bond donors (Lipinski definition) is 1. The Hall–Kier alpha value is -1.91. The van der Waals surface area contributed by atoms with Gasteiger partial charge in [-0.05, 0) is 19.1 Å². The fraction of sp³-hybridized carbons (Fsp3) is 0.200. The van der Waals surface area contributed by atoms with Crippen LogP contribution >= 0.6 is 0 Å². The minimum absolute atomic E-state index is 0.000556. The van der Waals surface area contributed by atoms with E-state index in [4.69, 9.17) is 9.52 Å². The Kier molecular flexibility index (Phi) is 2.15. The first kappa shape index (κ1) is 9.64. The fourth-order valence-corrected chi connectivity index (χ4v) is 1.22. The molecule has 2 aromatic rings. The van der Waals surface area contributed by atoms with Gasteiger partial charge in [0.2, 0.25) is 5.89 Å². The number of nitrogens with zero attached hydrogens (tertiary/aromatic N) is 1. The molecule has 78 valence electrons. The van der Waals surface area contributed by atoms with E-state index in [0.29, 0.717) is 5.52 Å². The van der Waals surface area contributed by atoms with Gasteiger partial charge >= 0.3 is 5.97 Å². The summed E-state index contributed by atoms with van der Waals surface area (Å²) < 4.78 is 18.2. The number of oxazole rings is 1. The fourth-order valence-electron chi connectivity index (χ4n) is 1.22. The van der Waals surface area contributed by atoms with Crippen molar-refractivity contribution in [2.45, 2.75) is 12.8 Å². The molecular weight excluding hydrogens is 201 g/mol. The van der Waals surface area contributed by atoms with Crippen LogP contribution in [0.1, 0.15) is 18.7 Å². The SMILES string of the molecule is CC(C(=O)O)c1nc2cccc(F)c2o1. The van der Waals surface area contributed by atoms with Crippen molar-refractivity contribution in [1.29, 1.82) is 0 Å². The normalized spacial score (nSPS) is 12.9. The highest BCUT2D eigenvalue weighted by atomic mass is 19.1. The van der Waals surface area contributed by atoms with E-state index in [2.05, 4.69) is 4.98 Å². The highest BCUT2D eigenvalue weighted by Crippen LogP contribution is 2.23. The first-order valence-corrected chi connectivity index (χ1v) is 4.37. The molecule has 0 aliphatic heterocycles. The molecule has 4 nitrogen and oxygen atoms in total. The maximum absolute atomic E-state index is 13.2. The molecule has 2 rings (SSSR count). The number of fused-ring (bicyclic) bond motifs is 1. The number of carboxylic acids is 1. The smallest absolute Gasteiger partial charge is 0.315 e. The van der Waals surface area contributed by atoms with E-state index in [9.17, 15) is 9.18 Å². The third kappa shape index (κ3) is 1.56. The third-order valence-corrected chi connectivity index (χ3v) is 2.12. The van der Waals surface area contributed by atoms with E-state index < -0.39 is 17.7 Å². The van der Waals surface area contributed by atoms with Crippen LogP contribution in [0.2, 0.25) is 0 Å². The number of carbonyl (C=O) groups is 1. The van der Waals surface area contributed by atoms with Gasteiger partial charge in [-0.25, -0.2) is 9.37 Å². The average molecular weight is 209 g/mol. The highest BCUT2D eigenvalue weighted by Gasteiger charge is 2.21. The zero-order valence-corrected chi connectivity index (χ0v) is 7.90. The predicted molar refractivity (Wildman–Crippen MR) is 50.0 cm³/mol. The van der Waals surface area contributed by atoms with Gasteiger partial charge in [-0.2, -0.15) is 0 Å². The lowest BCUT2D eigenvalue weighted by Gasteiger charge is -1.97. The van der Waals surface area contributed by atoms with Crippen LogP contribution in [0.25, 0.3) is 11.1 Å². The first-order chi connectivity index (χ1) is 7.09. The Balaban J connectivity index is 2.56. The number of aromatic nitrogens is 1. The van der Waals surface area contributed by atoms with Crippen molar-refractivity contribution in [3.8, 4) is 0 Å². The second kappa shape index (κ2) is 3.34. The third-order valence-electron chi connectivity index (χ3n) is 2.12. The Morgan fingerprint density at radius 3 is 2.93 bits per heavy atom. The van der Waals surface area contributed by atoms with Crippen LogP contribution in [0.4, 0.5) is 4.39 Å². The summed E-state index contributed by atoms with van der Waals surface area (Å²) in [6, 6.07) is 4.30. The topological polar surface area (TPSA) is 63.3 Å². The van der Waals surface area contributed by atoms with Gasteiger partial charge in [-0.15, -0.1) is 0 Å². The summed E-state index contributed by atoms with van der Waals surface area (Å²) in [7, 11) is 0. The van der Waals surface area contributed by atoms with Gasteiger partial charge in [0, 0.05) is 0 Å². The summed E-state index contributed by atoms with van der Waals surface area (Å²) in [5, 5.41) is 8.74. The minimum Gasteiger partial charge on any atom is -0.481 e. The van der Waals surface area contributed by atoms with Crippen molar-refractivity contribution < 1.29 is 18.7 Å². The van der Waals surface area contributed by atoms with Gasteiger partial charge < -0.3 is 9.52 Å². The number of hydrogen-bond acceptors (Lipinski definition) is 3. The van der Waals surface area contributed by atoms with Gasteiger partial charge in [-0.1, -0.05) is 6.07 Å². The summed E-state index contributed by atoms with van der Waals surface area (Å²) in [5.74, 6) is -2.45. The van der Waals surface area contributed by atoms with Crippen LogP contribution in [-0.2, 0) is 4.79 Å². The van der Waals surface area contributed by atoms with Gasteiger partial charge in [-0.3, -0.25) is 4.79 Å².